The third-order valence-electron chi connectivity index (χ3n) is 4.38. The van der Waals surface area contributed by atoms with Crippen LogP contribution in [-0.4, -0.2) is 65.6 Å². The molecule has 0 aliphatic rings. The zero-order chi connectivity index (χ0) is 23.6. The summed E-state index contributed by atoms with van der Waals surface area (Å²) in [5.41, 5.74) is 0.494. The van der Waals surface area contributed by atoms with Crippen LogP contribution in [0.2, 0.25) is 0 Å². The van der Waals surface area contributed by atoms with Gasteiger partial charge in [0.1, 0.15) is 5.75 Å². The molecule has 0 unspecified atom stereocenters. The SMILES string of the molecule is CCOc1ccc(S(=O)(=O)Nc2cccc(C(=O)N(C)CC(=O)NCCCOC)c2)cc1. The molecule has 174 valence electrons. The van der Waals surface area contributed by atoms with Gasteiger partial charge in [0.25, 0.3) is 15.9 Å². The molecule has 2 aromatic carbocycles. The molecule has 0 spiro atoms. The zero-order valence-corrected chi connectivity index (χ0v) is 19.3. The van der Waals surface area contributed by atoms with Gasteiger partial charge in [-0.15, -0.1) is 0 Å². The third-order valence-corrected chi connectivity index (χ3v) is 5.78. The predicted molar refractivity (Wildman–Crippen MR) is 121 cm³/mol. The number of nitrogens with zero attached hydrogens (tertiary/aromatic N) is 1. The molecule has 0 heterocycles. The number of ether oxygens (including phenoxy) is 2. The van der Waals surface area contributed by atoms with E-state index in [1.165, 1.54) is 30.1 Å². The first-order valence-electron chi connectivity index (χ1n) is 10.1. The van der Waals surface area contributed by atoms with Crippen molar-refractivity contribution in [3.05, 3.63) is 54.1 Å². The summed E-state index contributed by atoms with van der Waals surface area (Å²) < 4.78 is 38.1. The molecule has 32 heavy (non-hydrogen) atoms. The van der Waals surface area contributed by atoms with E-state index in [1.54, 1.807) is 37.4 Å². The van der Waals surface area contributed by atoms with Gasteiger partial charge < -0.3 is 19.7 Å². The van der Waals surface area contributed by atoms with Gasteiger partial charge in [-0.05, 0) is 55.8 Å². The number of sulfonamides is 1. The summed E-state index contributed by atoms with van der Waals surface area (Å²) in [6, 6.07) is 12.2. The molecule has 0 aromatic heterocycles. The smallest absolute Gasteiger partial charge is 0.261 e. The second kappa shape index (κ2) is 12.1. The van der Waals surface area contributed by atoms with Crippen LogP contribution in [0.4, 0.5) is 5.69 Å². The van der Waals surface area contributed by atoms with Crippen LogP contribution in [0.5, 0.6) is 5.75 Å². The van der Waals surface area contributed by atoms with Crippen LogP contribution in [0.3, 0.4) is 0 Å². The molecule has 0 bridgehead atoms. The molecule has 0 aliphatic carbocycles. The lowest BCUT2D eigenvalue weighted by atomic mass is 10.2. The molecule has 0 fully saturated rings. The van der Waals surface area contributed by atoms with Gasteiger partial charge in [0.15, 0.2) is 0 Å². The molecular weight excluding hydrogens is 434 g/mol. The number of amides is 2. The van der Waals surface area contributed by atoms with Gasteiger partial charge in [0.2, 0.25) is 5.91 Å². The van der Waals surface area contributed by atoms with Crippen LogP contribution in [0.1, 0.15) is 23.7 Å². The Hall–Kier alpha value is -3.11. The zero-order valence-electron chi connectivity index (χ0n) is 18.5. The number of benzene rings is 2. The van der Waals surface area contributed by atoms with Crippen LogP contribution >= 0.6 is 0 Å². The number of hydrogen-bond acceptors (Lipinski definition) is 6. The topological polar surface area (TPSA) is 114 Å². The normalized spacial score (nSPS) is 11.0. The highest BCUT2D eigenvalue weighted by atomic mass is 32.2. The molecule has 0 saturated carbocycles. The fourth-order valence-corrected chi connectivity index (χ4v) is 3.87. The second-order valence-corrected chi connectivity index (χ2v) is 8.63. The van der Waals surface area contributed by atoms with Gasteiger partial charge in [0.05, 0.1) is 18.0 Å². The van der Waals surface area contributed by atoms with Crippen molar-refractivity contribution in [2.45, 2.75) is 18.2 Å². The quantitative estimate of drug-likeness (QED) is 0.466. The van der Waals surface area contributed by atoms with E-state index in [2.05, 4.69) is 10.0 Å². The van der Waals surface area contributed by atoms with E-state index in [0.29, 0.717) is 31.9 Å². The Bertz CT molecular complexity index is 1010. The number of likely N-dealkylation sites (N-methyl/N-ethyl adjacent to an activating group) is 1. The van der Waals surface area contributed by atoms with E-state index >= 15 is 0 Å². The summed E-state index contributed by atoms with van der Waals surface area (Å²) in [7, 11) is -0.755. The van der Waals surface area contributed by atoms with E-state index in [4.69, 9.17) is 9.47 Å². The summed E-state index contributed by atoms with van der Waals surface area (Å²) >= 11 is 0. The first kappa shape index (κ1) is 25.2. The van der Waals surface area contributed by atoms with E-state index in [1.807, 2.05) is 6.92 Å². The van der Waals surface area contributed by atoms with E-state index < -0.39 is 15.9 Å². The number of rotatable bonds is 12. The molecule has 0 radical (unpaired) electrons. The van der Waals surface area contributed by atoms with Gasteiger partial charge in [-0.3, -0.25) is 14.3 Å². The Morgan fingerprint density at radius 2 is 1.81 bits per heavy atom. The van der Waals surface area contributed by atoms with Gasteiger partial charge in [-0.1, -0.05) is 6.07 Å². The molecule has 0 aliphatic heterocycles. The van der Waals surface area contributed by atoms with Crippen LogP contribution in [-0.2, 0) is 19.6 Å². The second-order valence-electron chi connectivity index (χ2n) is 6.95. The Morgan fingerprint density at radius 3 is 2.47 bits per heavy atom. The van der Waals surface area contributed by atoms with Crippen molar-refractivity contribution in [3.8, 4) is 5.75 Å². The Morgan fingerprint density at radius 1 is 1.09 bits per heavy atom. The first-order valence-corrected chi connectivity index (χ1v) is 11.6. The molecule has 10 heteroatoms. The lowest BCUT2D eigenvalue weighted by Gasteiger charge is -2.17. The summed E-state index contributed by atoms with van der Waals surface area (Å²) in [4.78, 5) is 26.0. The highest BCUT2D eigenvalue weighted by molar-refractivity contribution is 7.92. The Balaban J connectivity index is 2.02. The number of nitrogens with one attached hydrogen (secondary N) is 2. The molecule has 2 N–H and O–H groups in total. The maximum Gasteiger partial charge on any atom is 0.261 e. The molecule has 0 atom stereocenters. The first-order chi connectivity index (χ1) is 15.3. The van der Waals surface area contributed by atoms with E-state index in [-0.39, 0.29) is 28.6 Å². The van der Waals surface area contributed by atoms with Crippen molar-refractivity contribution in [2.24, 2.45) is 0 Å². The fraction of sp³-hybridized carbons (Fsp3) is 0.364. The number of anilines is 1. The largest absolute Gasteiger partial charge is 0.494 e. The van der Waals surface area contributed by atoms with Crippen LogP contribution in [0, 0.1) is 0 Å². The van der Waals surface area contributed by atoms with Crippen molar-refractivity contribution in [3.63, 3.8) is 0 Å². The average molecular weight is 464 g/mol. The third kappa shape index (κ3) is 7.54. The van der Waals surface area contributed by atoms with Gasteiger partial charge >= 0.3 is 0 Å². The highest BCUT2D eigenvalue weighted by Gasteiger charge is 2.18. The van der Waals surface area contributed by atoms with Crippen molar-refractivity contribution in [2.75, 3.05) is 45.2 Å². The number of carbonyl (C=O) groups excluding carboxylic acids is 2. The minimum absolute atomic E-state index is 0.0694. The molecule has 9 nitrogen and oxygen atoms in total. The number of carbonyl (C=O) groups is 2. The fourth-order valence-electron chi connectivity index (χ4n) is 2.82. The lowest BCUT2D eigenvalue weighted by Crippen LogP contribution is -2.38. The van der Waals surface area contributed by atoms with Crippen molar-refractivity contribution >= 4 is 27.5 Å². The number of methoxy groups -OCH3 is 1. The molecule has 2 aromatic rings. The Kier molecular flexibility index (Phi) is 9.48. The van der Waals surface area contributed by atoms with Crippen molar-refractivity contribution < 1.29 is 27.5 Å². The Labute approximate surface area is 188 Å². The molecule has 2 rings (SSSR count). The lowest BCUT2D eigenvalue weighted by molar-refractivity contribution is -0.121. The summed E-state index contributed by atoms with van der Waals surface area (Å²) in [6.45, 7) is 3.20. The highest BCUT2D eigenvalue weighted by Crippen LogP contribution is 2.20. The van der Waals surface area contributed by atoms with E-state index in [0.717, 1.165) is 0 Å². The maximum absolute atomic E-state index is 12.7. The minimum atomic E-state index is -3.85. The monoisotopic (exact) mass is 463 g/mol. The van der Waals surface area contributed by atoms with Crippen LogP contribution < -0.4 is 14.8 Å². The maximum atomic E-state index is 12.7. The summed E-state index contributed by atoms with van der Waals surface area (Å²) in [5, 5.41) is 2.71. The summed E-state index contributed by atoms with van der Waals surface area (Å²) in [6.07, 6.45) is 0.677. The molecule has 0 saturated heterocycles. The summed E-state index contributed by atoms with van der Waals surface area (Å²) in [5.74, 6) is -0.117. The van der Waals surface area contributed by atoms with E-state index in [9.17, 15) is 18.0 Å². The number of hydrogen-bond donors (Lipinski definition) is 2. The van der Waals surface area contributed by atoms with Crippen LogP contribution in [0.15, 0.2) is 53.4 Å². The molecular formula is C22H29N3O6S. The standard InChI is InChI=1S/C22H29N3O6S/c1-4-31-19-9-11-20(12-10-19)32(28,29)24-18-8-5-7-17(15-18)22(27)25(2)16-21(26)23-13-6-14-30-3/h5,7-12,15,24H,4,6,13-14,16H2,1-3H3,(H,23,26). The predicted octanol–water partition coefficient (Wildman–Crippen LogP) is 2.11. The van der Waals surface area contributed by atoms with Gasteiger partial charge in [0, 0.05) is 38.6 Å². The van der Waals surface area contributed by atoms with Crippen molar-refractivity contribution in [1.29, 1.82) is 0 Å². The van der Waals surface area contributed by atoms with Crippen molar-refractivity contribution in [1.82, 2.24) is 10.2 Å². The average Bonchev–Trinajstić information content (AvgIpc) is 2.76. The minimum Gasteiger partial charge on any atom is -0.494 e. The van der Waals surface area contributed by atoms with Crippen LogP contribution in [0.25, 0.3) is 0 Å². The molecule has 2 amide bonds. The van der Waals surface area contributed by atoms with Gasteiger partial charge in [-0.2, -0.15) is 0 Å². The van der Waals surface area contributed by atoms with Gasteiger partial charge in [-0.25, -0.2) is 8.42 Å².